The zero-order chi connectivity index (χ0) is 19.4. The fraction of sp³-hybridized carbons (Fsp3) is 0.368. The Morgan fingerprint density at radius 1 is 1.26 bits per heavy atom. The zero-order valence-electron chi connectivity index (χ0n) is 15.8. The molecule has 0 aliphatic carbocycles. The molecule has 0 fully saturated rings. The van der Waals surface area contributed by atoms with Crippen LogP contribution in [0.25, 0.3) is 11.2 Å². The van der Waals surface area contributed by atoms with Crippen LogP contribution >= 0.6 is 0 Å². The lowest BCUT2D eigenvalue weighted by Gasteiger charge is -2.08. The van der Waals surface area contributed by atoms with E-state index in [0.717, 1.165) is 25.0 Å². The molecule has 0 aliphatic rings. The first kappa shape index (κ1) is 18.6. The van der Waals surface area contributed by atoms with Crippen LogP contribution in [0.1, 0.15) is 32.3 Å². The Hall–Kier alpha value is -3.16. The number of fused-ring (bicyclic) bond motifs is 1. The lowest BCUT2D eigenvalue weighted by atomic mass is 10.1. The number of hydrogen-bond donors (Lipinski definition) is 2. The van der Waals surface area contributed by atoms with Crippen LogP contribution in [0.5, 0.6) is 0 Å². The van der Waals surface area contributed by atoms with E-state index in [2.05, 4.69) is 32.6 Å². The van der Waals surface area contributed by atoms with E-state index in [4.69, 9.17) is 0 Å². The molecule has 2 N–H and O–H groups in total. The summed E-state index contributed by atoms with van der Waals surface area (Å²) in [4.78, 5) is 31.1. The molecule has 1 aromatic carbocycles. The van der Waals surface area contributed by atoms with E-state index in [9.17, 15) is 9.59 Å². The van der Waals surface area contributed by atoms with Gasteiger partial charge in [-0.1, -0.05) is 37.3 Å². The molecule has 2 aromatic heterocycles. The van der Waals surface area contributed by atoms with E-state index >= 15 is 0 Å². The van der Waals surface area contributed by atoms with Crippen LogP contribution in [0, 0.1) is 0 Å². The number of hydrogen-bond acceptors (Lipinski definition) is 5. The van der Waals surface area contributed by atoms with Gasteiger partial charge in [0.25, 0.3) is 5.56 Å². The van der Waals surface area contributed by atoms with Gasteiger partial charge in [0.05, 0.1) is 0 Å². The minimum Gasteiger partial charge on any atom is -0.303 e. The minimum atomic E-state index is -0.485. The van der Waals surface area contributed by atoms with E-state index in [1.54, 1.807) is 11.6 Å². The third kappa shape index (κ3) is 3.99. The Morgan fingerprint density at radius 2 is 2.00 bits per heavy atom. The van der Waals surface area contributed by atoms with Crippen molar-refractivity contribution in [2.24, 2.45) is 12.1 Å². The maximum atomic E-state index is 12.4. The van der Waals surface area contributed by atoms with Gasteiger partial charge in [-0.25, -0.2) is 10.2 Å². The number of rotatable bonds is 7. The van der Waals surface area contributed by atoms with Crippen molar-refractivity contribution in [2.45, 2.75) is 39.7 Å². The molecule has 0 spiro atoms. The highest BCUT2D eigenvalue weighted by Gasteiger charge is 2.17. The van der Waals surface area contributed by atoms with Crippen molar-refractivity contribution in [3.8, 4) is 0 Å². The molecule has 0 amide bonds. The van der Waals surface area contributed by atoms with Gasteiger partial charge in [-0.05, 0) is 31.7 Å². The van der Waals surface area contributed by atoms with Gasteiger partial charge < -0.3 is 4.57 Å². The van der Waals surface area contributed by atoms with Crippen molar-refractivity contribution >= 4 is 22.8 Å². The normalized spacial score (nSPS) is 11.9. The molecule has 3 aromatic rings. The highest BCUT2D eigenvalue weighted by molar-refractivity contribution is 5.82. The van der Waals surface area contributed by atoms with Crippen LogP contribution in [-0.2, 0) is 20.0 Å². The third-order valence-electron chi connectivity index (χ3n) is 4.56. The molecule has 0 saturated heterocycles. The summed E-state index contributed by atoms with van der Waals surface area (Å²) in [5.41, 5.74) is 4.89. The molecule has 2 heterocycles. The molecule has 0 saturated carbocycles. The van der Waals surface area contributed by atoms with Crippen LogP contribution in [0.3, 0.4) is 0 Å². The first-order chi connectivity index (χ1) is 13.0. The molecular weight excluding hydrogens is 344 g/mol. The van der Waals surface area contributed by atoms with E-state index in [1.807, 2.05) is 32.0 Å². The zero-order valence-corrected chi connectivity index (χ0v) is 15.8. The Balaban J connectivity index is 1.98. The summed E-state index contributed by atoms with van der Waals surface area (Å²) in [6.45, 7) is 4.51. The SMILES string of the molecule is CC/C(C)=N/Nc1nc2c(c(=O)[nH]c(=O)n2C)n1CCCc1ccccc1. The molecule has 8 nitrogen and oxygen atoms in total. The number of hydrazone groups is 1. The van der Waals surface area contributed by atoms with Crippen molar-refractivity contribution in [2.75, 3.05) is 5.43 Å². The molecule has 27 heavy (non-hydrogen) atoms. The average Bonchev–Trinajstić information content (AvgIpc) is 3.04. The number of H-pyrrole nitrogens is 1. The highest BCUT2D eigenvalue weighted by atomic mass is 16.2. The topological polar surface area (TPSA) is 97.1 Å². The summed E-state index contributed by atoms with van der Waals surface area (Å²) in [6.07, 6.45) is 2.50. The second-order valence-corrected chi connectivity index (χ2v) is 6.48. The lowest BCUT2D eigenvalue weighted by molar-refractivity contribution is 0.659. The molecule has 8 heteroatoms. The second-order valence-electron chi connectivity index (χ2n) is 6.48. The largest absolute Gasteiger partial charge is 0.329 e. The maximum absolute atomic E-state index is 12.4. The van der Waals surface area contributed by atoms with Crippen molar-refractivity contribution in [3.63, 3.8) is 0 Å². The van der Waals surface area contributed by atoms with Crippen molar-refractivity contribution in [1.82, 2.24) is 19.1 Å². The van der Waals surface area contributed by atoms with Gasteiger partial charge in [-0.3, -0.25) is 14.3 Å². The summed E-state index contributed by atoms with van der Waals surface area (Å²) in [6, 6.07) is 10.2. The quantitative estimate of drug-likeness (QED) is 0.494. The molecule has 0 atom stereocenters. The molecule has 0 aliphatic heterocycles. The number of anilines is 1. The maximum Gasteiger partial charge on any atom is 0.329 e. The highest BCUT2D eigenvalue weighted by Crippen LogP contribution is 2.17. The number of aryl methyl sites for hydroxylation is 3. The van der Waals surface area contributed by atoms with Crippen LogP contribution in [0.15, 0.2) is 45.0 Å². The van der Waals surface area contributed by atoms with Crippen molar-refractivity contribution < 1.29 is 0 Å². The number of benzene rings is 1. The molecule has 142 valence electrons. The Labute approximate surface area is 156 Å². The Bertz CT molecular complexity index is 1080. The Morgan fingerprint density at radius 3 is 2.70 bits per heavy atom. The van der Waals surface area contributed by atoms with Gasteiger partial charge in [0, 0.05) is 19.3 Å². The summed E-state index contributed by atoms with van der Waals surface area (Å²) in [7, 11) is 1.59. The van der Waals surface area contributed by atoms with Crippen LogP contribution in [0.2, 0.25) is 0 Å². The van der Waals surface area contributed by atoms with Crippen LogP contribution < -0.4 is 16.7 Å². The standard InChI is InChI=1S/C19H24N6O2/c1-4-13(2)22-23-18-20-16-15(17(26)21-19(27)24(16)3)25(18)12-8-11-14-9-6-5-7-10-14/h5-7,9-10H,4,8,11-12H2,1-3H3,(H,20,23)(H,21,26,27)/b22-13+. The molecule has 3 rings (SSSR count). The van der Waals surface area contributed by atoms with E-state index in [0.29, 0.717) is 23.7 Å². The summed E-state index contributed by atoms with van der Waals surface area (Å²) in [5.74, 6) is 0.456. The monoisotopic (exact) mass is 368 g/mol. The van der Waals surface area contributed by atoms with E-state index < -0.39 is 11.2 Å². The number of nitrogens with zero attached hydrogens (tertiary/aromatic N) is 4. The summed E-state index contributed by atoms with van der Waals surface area (Å²) >= 11 is 0. The predicted molar refractivity (Wildman–Crippen MR) is 107 cm³/mol. The van der Waals surface area contributed by atoms with Gasteiger partial charge in [0.2, 0.25) is 5.95 Å². The number of aromatic nitrogens is 4. The van der Waals surface area contributed by atoms with Crippen LogP contribution in [0.4, 0.5) is 5.95 Å². The van der Waals surface area contributed by atoms with Gasteiger partial charge in [0.15, 0.2) is 11.2 Å². The van der Waals surface area contributed by atoms with E-state index in [-0.39, 0.29) is 0 Å². The first-order valence-electron chi connectivity index (χ1n) is 9.04. The van der Waals surface area contributed by atoms with Crippen molar-refractivity contribution in [1.29, 1.82) is 0 Å². The van der Waals surface area contributed by atoms with Crippen LogP contribution in [-0.4, -0.2) is 24.8 Å². The van der Waals surface area contributed by atoms with Gasteiger partial charge in [-0.2, -0.15) is 10.1 Å². The van der Waals surface area contributed by atoms with E-state index in [1.165, 1.54) is 10.1 Å². The number of imidazole rings is 1. The fourth-order valence-corrected chi connectivity index (χ4v) is 2.85. The summed E-state index contributed by atoms with van der Waals surface area (Å²) < 4.78 is 3.13. The lowest BCUT2D eigenvalue weighted by Crippen LogP contribution is -2.29. The molecule has 0 unspecified atom stereocenters. The van der Waals surface area contributed by atoms with Gasteiger partial charge >= 0.3 is 5.69 Å². The fourth-order valence-electron chi connectivity index (χ4n) is 2.85. The molecule has 0 bridgehead atoms. The minimum absolute atomic E-state index is 0.343. The predicted octanol–water partition coefficient (Wildman–Crippen LogP) is 2.25. The van der Waals surface area contributed by atoms with Gasteiger partial charge in [-0.15, -0.1) is 0 Å². The first-order valence-corrected chi connectivity index (χ1v) is 9.04. The molecule has 0 radical (unpaired) electrons. The number of nitrogens with one attached hydrogen (secondary N) is 2. The van der Waals surface area contributed by atoms with Crippen molar-refractivity contribution in [3.05, 3.63) is 56.7 Å². The van der Waals surface area contributed by atoms with Gasteiger partial charge in [0.1, 0.15) is 0 Å². The smallest absolute Gasteiger partial charge is 0.303 e. The Kier molecular flexibility index (Phi) is 5.54. The summed E-state index contributed by atoms with van der Waals surface area (Å²) in [5, 5.41) is 4.30. The molecular formula is C19H24N6O2. The third-order valence-corrected chi connectivity index (χ3v) is 4.56. The second kappa shape index (κ2) is 8.03. The average molecular weight is 368 g/mol. The number of aromatic amines is 1.